The van der Waals surface area contributed by atoms with Gasteiger partial charge in [-0.1, -0.05) is 23.9 Å². The number of aromatic nitrogens is 4. The van der Waals surface area contributed by atoms with Gasteiger partial charge in [-0.15, -0.1) is 5.10 Å². The molecule has 0 aliphatic carbocycles. The van der Waals surface area contributed by atoms with E-state index in [9.17, 15) is 35.9 Å². The third kappa shape index (κ3) is 7.49. The van der Waals surface area contributed by atoms with E-state index in [2.05, 4.69) is 25.4 Å². The van der Waals surface area contributed by atoms with Crippen molar-refractivity contribution < 1.29 is 40.7 Å². The van der Waals surface area contributed by atoms with Crippen molar-refractivity contribution in [3.8, 4) is 17.2 Å². The SMILES string of the molecule is Cc1ccc(COCC(F)F)c(N2C(=O)CS/C2=N\C(=O)Nc2ccc(-c3ncn(-c4ccc(C(F)(F)F)cn4)n3)cc2F)c1. The summed E-state index contributed by atoms with van der Waals surface area (Å²) in [4.78, 5) is 38.4. The van der Waals surface area contributed by atoms with Crippen LogP contribution in [0.3, 0.4) is 0 Å². The van der Waals surface area contributed by atoms with Gasteiger partial charge in [0.1, 0.15) is 18.8 Å². The molecule has 10 nitrogen and oxygen atoms in total. The number of pyridine rings is 1. The van der Waals surface area contributed by atoms with Crippen LogP contribution in [0, 0.1) is 12.7 Å². The first-order valence-corrected chi connectivity index (χ1v) is 13.9. The summed E-state index contributed by atoms with van der Waals surface area (Å²) in [5.41, 5.74) is 0.533. The van der Waals surface area contributed by atoms with E-state index in [0.717, 1.165) is 40.2 Å². The monoisotopic (exact) mass is 649 g/mol. The number of benzene rings is 2. The molecule has 0 saturated carbocycles. The zero-order valence-corrected chi connectivity index (χ0v) is 23.9. The minimum atomic E-state index is -4.55. The van der Waals surface area contributed by atoms with Gasteiger partial charge in [0.25, 0.3) is 6.43 Å². The van der Waals surface area contributed by atoms with Crippen LogP contribution in [0.1, 0.15) is 16.7 Å². The number of amides is 3. The largest absolute Gasteiger partial charge is 0.417 e. The molecule has 2 aromatic heterocycles. The summed E-state index contributed by atoms with van der Waals surface area (Å²) in [5, 5.41) is 6.44. The van der Waals surface area contributed by atoms with E-state index in [1.807, 2.05) is 0 Å². The summed E-state index contributed by atoms with van der Waals surface area (Å²) in [5.74, 6) is -1.21. The minimum absolute atomic E-state index is 0.00172. The molecule has 17 heteroatoms. The molecule has 0 spiro atoms. The van der Waals surface area contributed by atoms with Crippen LogP contribution in [0.25, 0.3) is 17.2 Å². The maximum Gasteiger partial charge on any atom is 0.417 e. The number of aliphatic imine (C=N–C) groups is 1. The first-order valence-electron chi connectivity index (χ1n) is 12.9. The molecule has 0 unspecified atom stereocenters. The van der Waals surface area contributed by atoms with Crippen molar-refractivity contribution in [3.05, 3.63) is 83.6 Å². The van der Waals surface area contributed by atoms with Gasteiger partial charge in [-0.05, 0) is 48.9 Å². The van der Waals surface area contributed by atoms with Crippen molar-refractivity contribution in [1.29, 1.82) is 0 Å². The zero-order chi connectivity index (χ0) is 32.3. The Morgan fingerprint density at radius 2 is 1.93 bits per heavy atom. The molecule has 0 atom stereocenters. The highest BCUT2D eigenvalue weighted by molar-refractivity contribution is 8.15. The average molecular weight is 650 g/mol. The van der Waals surface area contributed by atoms with Gasteiger partial charge in [-0.3, -0.25) is 9.69 Å². The number of halogens is 6. The zero-order valence-electron chi connectivity index (χ0n) is 23.1. The quantitative estimate of drug-likeness (QED) is 0.225. The summed E-state index contributed by atoms with van der Waals surface area (Å²) < 4.78 is 84.7. The highest BCUT2D eigenvalue weighted by Crippen LogP contribution is 2.32. The molecule has 4 aromatic rings. The fourth-order valence-electron chi connectivity index (χ4n) is 4.12. The third-order valence-corrected chi connectivity index (χ3v) is 7.14. The number of rotatable bonds is 8. The van der Waals surface area contributed by atoms with E-state index in [-0.39, 0.29) is 40.4 Å². The minimum Gasteiger partial charge on any atom is -0.371 e. The summed E-state index contributed by atoms with van der Waals surface area (Å²) in [6, 6.07) is 9.64. The Hall–Kier alpha value is -4.77. The topological polar surface area (TPSA) is 115 Å². The molecule has 0 bridgehead atoms. The second-order valence-electron chi connectivity index (χ2n) is 9.49. The third-order valence-electron chi connectivity index (χ3n) is 6.22. The molecule has 45 heavy (non-hydrogen) atoms. The van der Waals surface area contributed by atoms with Gasteiger partial charge in [-0.25, -0.2) is 32.6 Å². The predicted octanol–water partition coefficient (Wildman–Crippen LogP) is 6.25. The number of alkyl halides is 5. The van der Waals surface area contributed by atoms with Gasteiger partial charge in [0.2, 0.25) is 5.91 Å². The lowest BCUT2D eigenvalue weighted by Gasteiger charge is -2.20. The van der Waals surface area contributed by atoms with Crippen molar-refractivity contribution >= 4 is 40.2 Å². The molecular weight excluding hydrogens is 628 g/mol. The smallest absolute Gasteiger partial charge is 0.371 e. The van der Waals surface area contributed by atoms with Gasteiger partial charge in [-0.2, -0.15) is 18.2 Å². The summed E-state index contributed by atoms with van der Waals surface area (Å²) in [7, 11) is 0. The van der Waals surface area contributed by atoms with Crippen molar-refractivity contribution in [1.82, 2.24) is 19.7 Å². The number of amidine groups is 1. The van der Waals surface area contributed by atoms with E-state index in [4.69, 9.17) is 4.74 Å². The normalized spacial score (nSPS) is 14.5. The number of hydrogen-bond donors (Lipinski definition) is 1. The Morgan fingerprint density at radius 3 is 2.62 bits per heavy atom. The maximum atomic E-state index is 15.0. The van der Waals surface area contributed by atoms with Crippen molar-refractivity contribution in [2.75, 3.05) is 22.6 Å². The average Bonchev–Trinajstić information content (AvgIpc) is 3.61. The highest BCUT2D eigenvalue weighted by Gasteiger charge is 2.33. The molecule has 0 radical (unpaired) electrons. The molecule has 1 fully saturated rings. The van der Waals surface area contributed by atoms with Crippen LogP contribution in [0.15, 0.2) is 66.0 Å². The van der Waals surface area contributed by atoms with Crippen molar-refractivity contribution in [3.63, 3.8) is 0 Å². The van der Waals surface area contributed by atoms with E-state index >= 15 is 0 Å². The van der Waals surface area contributed by atoms with Gasteiger partial charge in [0.05, 0.1) is 29.3 Å². The van der Waals surface area contributed by atoms with Gasteiger partial charge in [0.15, 0.2) is 16.8 Å². The Labute approximate surface area is 255 Å². The van der Waals surface area contributed by atoms with Crippen LogP contribution in [0.5, 0.6) is 0 Å². The Bertz CT molecular complexity index is 1760. The number of carbonyl (C=O) groups excluding carboxylic acids is 2. The lowest BCUT2D eigenvalue weighted by molar-refractivity contribution is -0.137. The second-order valence-corrected chi connectivity index (χ2v) is 10.4. The Morgan fingerprint density at radius 1 is 1.13 bits per heavy atom. The van der Waals surface area contributed by atoms with E-state index in [0.29, 0.717) is 17.4 Å². The second kappa shape index (κ2) is 13.1. The Balaban J connectivity index is 1.30. The number of anilines is 2. The number of carbonyl (C=O) groups is 2. The van der Waals surface area contributed by atoms with Crippen molar-refractivity contribution in [2.45, 2.75) is 26.1 Å². The molecule has 1 aliphatic rings. The summed E-state index contributed by atoms with van der Waals surface area (Å²) in [6.07, 6.45) is -5.36. The van der Waals surface area contributed by atoms with Crippen LogP contribution >= 0.6 is 11.8 Å². The number of nitrogens with zero attached hydrogens (tertiary/aromatic N) is 6. The highest BCUT2D eigenvalue weighted by atomic mass is 32.2. The van der Waals surface area contributed by atoms with E-state index in [1.54, 1.807) is 25.1 Å². The first kappa shape index (κ1) is 31.6. The maximum absolute atomic E-state index is 15.0. The Kier molecular flexibility index (Phi) is 9.19. The molecular formula is C28H21F6N7O3S. The first-order chi connectivity index (χ1) is 21.4. The standard InChI is InChI=1S/C28H21F6N7O3S/c1-15-2-3-17(11-44-12-22(30)31)21(8-15)41-24(42)13-45-27(41)38-26(43)37-20-6-4-16(9-19(20)29)25-36-14-40(39-25)23-7-5-18(10-35-23)28(32,33)34/h2-10,14,22H,11-13H2,1H3,(H,37,43)/b38-27-. The molecule has 3 heterocycles. The number of nitrogens with one attached hydrogen (secondary N) is 1. The lowest BCUT2D eigenvalue weighted by atomic mass is 10.1. The van der Waals surface area contributed by atoms with Gasteiger partial charge in [0, 0.05) is 17.3 Å². The molecule has 3 amide bonds. The summed E-state index contributed by atoms with van der Waals surface area (Å²) in [6.45, 7) is 0.764. The molecule has 234 valence electrons. The van der Waals surface area contributed by atoms with Crippen LogP contribution in [0.2, 0.25) is 0 Å². The lowest BCUT2D eigenvalue weighted by Crippen LogP contribution is -2.31. The van der Waals surface area contributed by atoms with E-state index in [1.165, 1.54) is 23.4 Å². The molecule has 1 aliphatic heterocycles. The number of urea groups is 1. The number of ether oxygens (including phenoxy) is 1. The van der Waals surface area contributed by atoms with Gasteiger partial charge >= 0.3 is 12.2 Å². The molecule has 2 aromatic carbocycles. The fourth-order valence-corrected chi connectivity index (χ4v) is 4.98. The van der Waals surface area contributed by atoms with Crippen LogP contribution < -0.4 is 10.2 Å². The molecule has 1 saturated heterocycles. The van der Waals surface area contributed by atoms with Crippen LogP contribution in [-0.2, 0) is 22.3 Å². The predicted molar refractivity (Wildman–Crippen MR) is 153 cm³/mol. The van der Waals surface area contributed by atoms with Crippen LogP contribution in [-0.4, -0.2) is 55.6 Å². The van der Waals surface area contributed by atoms with E-state index < -0.39 is 42.5 Å². The number of hydrogen-bond acceptors (Lipinski definition) is 7. The summed E-state index contributed by atoms with van der Waals surface area (Å²) >= 11 is 0.973. The van der Waals surface area contributed by atoms with Gasteiger partial charge < -0.3 is 10.1 Å². The molecule has 1 N–H and O–H groups in total. The fraction of sp³-hybridized carbons (Fsp3) is 0.214. The number of thioether (sulfide) groups is 1. The number of aryl methyl sites for hydroxylation is 1. The van der Waals surface area contributed by atoms with Crippen LogP contribution in [0.4, 0.5) is 42.5 Å². The van der Waals surface area contributed by atoms with Crippen molar-refractivity contribution in [2.24, 2.45) is 4.99 Å². The molecule has 5 rings (SSSR count).